The fourth-order valence-electron chi connectivity index (χ4n) is 5.39. The van der Waals surface area contributed by atoms with Crippen LogP contribution in [-0.2, 0) is 28.1 Å². The first-order chi connectivity index (χ1) is 23.0. The van der Waals surface area contributed by atoms with Crippen molar-refractivity contribution in [3.05, 3.63) is 136 Å². The zero-order chi connectivity index (χ0) is 35.6. The third kappa shape index (κ3) is 9.17. The topological polar surface area (TPSA) is 110 Å². The van der Waals surface area contributed by atoms with Crippen molar-refractivity contribution in [2.24, 2.45) is 0 Å². The van der Waals surface area contributed by atoms with Crippen LogP contribution in [0.3, 0.4) is 0 Å². The molecule has 12 heteroatoms. The maximum Gasteiger partial charge on any atom is 0.416 e. The third-order valence-corrected chi connectivity index (χ3v) is 9.15. The van der Waals surface area contributed by atoms with Crippen LogP contribution in [0.2, 0.25) is 5.02 Å². The summed E-state index contributed by atoms with van der Waals surface area (Å²) in [5.74, 6) is -0.827. The number of amides is 1. The lowest BCUT2D eigenvalue weighted by Gasteiger charge is -2.21. The number of rotatable bonds is 10. The first-order valence-electron chi connectivity index (χ1n) is 15.3. The third-order valence-electron chi connectivity index (χ3n) is 8.12. The molecule has 49 heavy (non-hydrogen) atoms. The first-order valence-corrected chi connectivity index (χ1v) is 17.3. The standard InChI is InChI=1S/C37H34ClF3N2O5S/c1-36(2,3)28-13-11-24(12-14-28)31(19-23-7-9-25(10-8-23)35(44)42-17-18-49(45,46)47)33-22-34(48-43-33)27-6-4-5-26(20-27)30-16-15-29(21-32(30)38)37(39,40)41/h4-16,20-22,31H,17-19H2,1-3H3,(H,42,44)(H,45,46,47). The highest BCUT2D eigenvalue weighted by Crippen LogP contribution is 2.38. The van der Waals surface area contributed by atoms with Gasteiger partial charge >= 0.3 is 6.18 Å². The Hall–Kier alpha value is -4.45. The Morgan fingerprint density at radius 2 is 1.55 bits per heavy atom. The molecule has 1 heterocycles. The van der Waals surface area contributed by atoms with Gasteiger partial charge < -0.3 is 9.84 Å². The van der Waals surface area contributed by atoms with E-state index in [9.17, 15) is 26.4 Å². The molecule has 5 rings (SSSR count). The Kier molecular flexibility index (Phi) is 10.4. The Labute approximate surface area is 287 Å². The first kappa shape index (κ1) is 35.8. The quantitative estimate of drug-likeness (QED) is 0.140. The summed E-state index contributed by atoms with van der Waals surface area (Å²) in [5.41, 5.74) is 4.91. The molecule has 4 aromatic carbocycles. The summed E-state index contributed by atoms with van der Waals surface area (Å²) in [6.45, 7) is 6.18. The van der Waals surface area contributed by atoms with Crippen LogP contribution in [0.5, 0.6) is 0 Å². The minimum atomic E-state index is -4.51. The Morgan fingerprint density at radius 3 is 2.16 bits per heavy atom. The molecule has 0 radical (unpaired) electrons. The van der Waals surface area contributed by atoms with E-state index in [1.165, 1.54) is 11.6 Å². The van der Waals surface area contributed by atoms with E-state index in [0.717, 1.165) is 23.3 Å². The van der Waals surface area contributed by atoms with E-state index in [0.29, 0.717) is 40.1 Å². The van der Waals surface area contributed by atoms with Gasteiger partial charge in [-0.15, -0.1) is 0 Å². The molecule has 7 nitrogen and oxygen atoms in total. The van der Waals surface area contributed by atoms with Crippen molar-refractivity contribution in [1.82, 2.24) is 10.5 Å². The van der Waals surface area contributed by atoms with Gasteiger partial charge in [-0.2, -0.15) is 21.6 Å². The van der Waals surface area contributed by atoms with Crippen LogP contribution in [0.4, 0.5) is 13.2 Å². The van der Waals surface area contributed by atoms with Crippen molar-refractivity contribution < 1.29 is 35.5 Å². The van der Waals surface area contributed by atoms with Crippen LogP contribution in [0.15, 0.2) is 102 Å². The second-order valence-electron chi connectivity index (χ2n) is 12.8. The molecule has 256 valence electrons. The highest BCUT2D eigenvalue weighted by molar-refractivity contribution is 7.85. The average molecular weight is 711 g/mol. The molecule has 0 aliphatic heterocycles. The van der Waals surface area contributed by atoms with Gasteiger partial charge in [-0.25, -0.2) is 0 Å². The number of hydrogen-bond acceptors (Lipinski definition) is 5. The number of aromatic nitrogens is 1. The van der Waals surface area contributed by atoms with Crippen molar-refractivity contribution in [3.8, 4) is 22.5 Å². The number of nitrogens with zero attached hydrogens (tertiary/aromatic N) is 1. The highest BCUT2D eigenvalue weighted by atomic mass is 35.5. The Morgan fingerprint density at radius 1 is 0.898 bits per heavy atom. The van der Waals surface area contributed by atoms with Crippen molar-refractivity contribution in [2.75, 3.05) is 12.3 Å². The number of carbonyl (C=O) groups excluding carboxylic acids is 1. The van der Waals surface area contributed by atoms with Crippen molar-refractivity contribution in [2.45, 2.75) is 44.7 Å². The van der Waals surface area contributed by atoms with Gasteiger partial charge in [0.2, 0.25) is 0 Å². The van der Waals surface area contributed by atoms with Gasteiger partial charge in [0, 0.05) is 40.2 Å². The maximum atomic E-state index is 13.2. The molecule has 1 aromatic heterocycles. The second kappa shape index (κ2) is 14.2. The molecule has 1 unspecified atom stereocenters. The number of alkyl halides is 3. The fraction of sp³-hybridized carbons (Fsp3) is 0.243. The molecule has 0 spiro atoms. The molecule has 0 fully saturated rings. The SMILES string of the molecule is CC(C)(C)c1ccc(C(Cc2ccc(C(=O)NCCS(=O)(=O)O)cc2)c2cc(-c3cccc(-c4ccc(C(F)(F)F)cc4Cl)c3)on2)cc1. The molecular weight excluding hydrogens is 677 g/mol. The molecule has 2 N–H and O–H groups in total. The van der Waals surface area contributed by atoms with Gasteiger partial charge in [0.15, 0.2) is 5.76 Å². The Balaban J connectivity index is 1.43. The zero-order valence-electron chi connectivity index (χ0n) is 26.9. The minimum Gasteiger partial charge on any atom is -0.356 e. The minimum absolute atomic E-state index is 0.0226. The number of benzene rings is 4. The lowest BCUT2D eigenvalue weighted by molar-refractivity contribution is -0.137. The summed E-state index contributed by atoms with van der Waals surface area (Å²) in [5, 5.41) is 6.89. The molecule has 0 bridgehead atoms. The molecule has 0 saturated heterocycles. The summed E-state index contributed by atoms with van der Waals surface area (Å²) >= 11 is 6.27. The Bertz CT molecular complexity index is 2050. The molecule has 1 amide bonds. The number of nitrogens with one attached hydrogen (secondary N) is 1. The molecular formula is C37H34ClF3N2O5S. The zero-order valence-corrected chi connectivity index (χ0v) is 28.5. The number of halogens is 4. The monoisotopic (exact) mass is 710 g/mol. The summed E-state index contributed by atoms with van der Waals surface area (Å²) < 4.78 is 76.2. The van der Waals surface area contributed by atoms with Gasteiger partial charge in [0.05, 0.1) is 17.0 Å². The van der Waals surface area contributed by atoms with Crippen molar-refractivity contribution in [3.63, 3.8) is 0 Å². The van der Waals surface area contributed by atoms with Gasteiger partial charge in [-0.3, -0.25) is 9.35 Å². The predicted octanol–water partition coefficient (Wildman–Crippen LogP) is 8.97. The average Bonchev–Trinajstić information content (AvgIpc) is 3.53. The van der Waals surface area contributed by atoms with E-state index < -0.39 is 33.5 Å². The maximum absolute atomic E-state index is 13.2. The van der Waals surface area contributed by atoms with Crippen LogP contribution in [0.25, 0.3) is 22.5 Å². The molecule has 0 aliphatic carbocycles. The highest BCUT2D eigenvalue weighted by Gasteiger charge is 2.31. The molecule has 1 atom stereocenters. The molecule has 0 saturated carbocycles. The number of carbonyl (C=O) groups is 1. The van der Waals surface area contributed by atoms with E-state index in [1.54, 1.807) is 30.3 Å². The van der Waals surface area contributed by atoms with Gasteiger partial charge in [-0.1, -0.05) is 98.2 Å². The fourth-order valence-corrected chi connectivity index (χ4v) is 6.04. The van der Waals surface area contributed by atoms with E-state index in [4.69, 9.17) is 20.7 Å². The summed E-state index contributed by atoms with van der Waals surface area (Å²) in [6, 6.07) is 27.4. The van der Waals surface area contributed by atoms with E-state index >= 15 is 0 Å². The lowest BCUT2D eigenvalue weighted by Crippen LogP contribution is -2.28. The van der Waals surface area contributed by atoms with Gasteiger partial charge in [0.25, 0.3) is 16.0 Å². The van der Waals surface area contributed by atoms with E-state index in [2.05, 4.69) is 55.5 Å². The number of hydrogen-bond donors (Lipinski definition) is 2. The predicted molar refractivity (Wildman–Crippen MR) is 183 cm³/mol. The smallest absolute Gasteiger partial charge is 0.356 e. The van der Waals surface area contributed by atoms with E-state index in [-0.39, 0.29) is 22.9 Å². The summed E-state index contributed by atoms with van der Waals surface area (Å²) in [7, 11) is -4.19. The summed E-state index contributed by atoms with van der Waals surface area (Å²) in [6.07, 6.45) is -4.00. The largest absolute Gasteiger partial charge is 0.416 e. The molecule has 0 aliphatic rings. The van der Waals surface area contributed by atoms with E-state index in [1.807, 2.05) is 24.3 Å². The normalized spacial score (nSPS) is 12.9. The molecule has 5 aromatic rings. The van der Waals surface area contributed by atoms with Gasteiger partial charge in [-0.05, 0) is 64.4 Å². The summed E-state index contributed by atoms with van der Waals surface area (Å²) in [4.78, 5) is 12.5. The van der Waals surface area contributed by atoms with Crippen LogP contribution >= 0.6 is 11.6 Å². The van der Waals surface area contributed by atoms with Crippen LogP contribution in [-0.4, -0.2) is 36.3 Å². The van der Waals surface area contributed by atoms with Crippen LogP contribution in [0, 0.1) is 0 Å². The van der Waals surface area contributed by atoms with Gasteiger partial charge in [0.1, 0.15) is 0 Å². The van der Waals surface area contributed by atoms with Crippen molar-refractivity contribution in [1.29, 1.82) is 0 Å². The second-order valence-corrected chi connectivity index (χ2v) is 14.7. The van der Waals surface area contributed by atoms with Crippen LogP contribution < -0.4 is 5.32 Å². The lowest BCUT2D eigenvalue weighted by atomic mass is 9.83. The van der Waals surface area contributed by atoms with Crippen LogP contribution in [0.1, 0.15) is 65.0 Å². The van der Waals surface area contributed by atoms with Crippen molar-refractivity contribution >= 4 is 27.6 Å².